The number of hydrogen-bond donors (Lipinski definition) is 2. The Morgan fingerprint density at radius 1 is 1.36 bits per heavy atom. The monoisotopic (exact) mass is 189 g/mol. The fourth-order valence-corrected chi connectivity index (χ4v) is 1.62. The van der Waals surface area contributed by atoms with Crippen LogP contribution < -0.4 is 5.73 Å². The van der Waals surface area contributed by atoms with Crippen molar-refractivity contribution < 1.29 is 0 Å². The molecule has 3 heteroatoms. The molecule has 0 aliphatic rings. The molecule has 0 aliphatic heterocycles. The lowest BCUT2D eigenvalue weighted by atomic mass is 10.1. The highest BCUT2D eigenvalue weighted by atomic mass is 14.9. The van der Waals surface area contributed by atoms with Gasteiger partial charge in [-0.25, -0.2) is 4.98 Å². The molecular formula is C11H15N3. The number of aryl methyl sites for hydroxylation is 2. The van der Waals surface area contributed by atoms with Crippen LogP contribution in [-0.4, -0.2) is 16.5 Å². The molecule has 1 aromatic heterocycles. The molecule has 3 N–H and O–H groups in total. The summed E-state index contributed by atoms with van der Waals surface area (Å²) in [7, 11) is 0. The molecule has 0 spiro atoms. The summed E-state index contributed by atoms with van der Waals surface area (Å²) >= 11 is 0. The first-order chi connectivity index (χ1) is 6.72. The molecular weight excluding hydrogens is 174 g/mol. The van der Waals surface area contributed by atoms with Crippen molar-refractivity contribution in [2.75, 3.05) is 6.54 Å². The molecule has 0 radical (unpaired) electrons. The maximum atomic E-state index is 5.49. The zero-order chi connectivity index (χ0) is 10.1. The number of benzene rings is 1. The summed E-state index contributed by atoms with van der Waals surface area (Å²) in [6, 6.07) is 4.19. The van der Waals surface area contributed by atoms with Crippen LogP contribution in [0.4, 0.5) is 0 Å². The summed E-state index contributed by atoms with van der Waals surface area (Å²) in [5, 5.41) is 0. The lowest BCUT2D eigenvalue weighted by Crippen LogP contribution is -2.03. The summed E-state index contributed by atoms with van der Waals surface area (Å²) in [5.41, 5.74) is 10.2. The van der Waals surface area contributed by atoms with Crippen molar-refractivity contribution in [2.24, 2.45) is 5.73 Å². The Bertz CT molecular complexity index is 457. The van der Waals surface area contributed by atoms with Gasteiger partial charge in [-0.3, -0.25) is 0 Å². The Balaban J connectivity index is 2.59. The van der Waals surface area contributed by atoms with Crippen LogP contribution in [0.3, 0.4) is 0 Å². The summed E-state index contributed by atoms with van der Waals surface area (Å²) in [6.07, 6.45) is 0.813. The van der Waals surface area contributed by atoms with Crippen molar-refractivity contribution >= 4 is 11.0 Å². The van der Waals surface area contributed by atoms with E-state index in [2.05, 4.69) is 35.9 Å². The van der Waals surface area contributed by atoms with Gasteiger partial charge in [-0.2, -0.15) is 0 Å². The number of nitrogens with one attached hydrogen (secondary N) is 1. The number of nitrogens with two attached hydrogens (primary N) is 1. The van der Waals surface area contributed by atoms with Crippen molar-refractivity contribution in [3.8, 4) is 0 Å². The molecule has 0 saturated heterocycles. The fraction of sp³-hybridized carbons (Fsp3) is 0.364. The Morgan fingerprint density at radius 2 is 2.14 bits per heavy atom. The Labute approximate surface area is 83.3 Å². The maximum Gasteiger partial charge on any atom is 0.108 e. The van der Waals surface area contributed by atoms with E-state index in [-0.39, 0.29) is 0 Å². The summed E-state index contributed by atoms with van der Waals surface area (Å²) in [4.78, 5) is 7.80. The van der Waals surface area contributed by atoms with Gasteiger partial charge in [-0.15, -0.1) is 0 Å². The van der Waals surface area contributed by atoms with Crippen LogP contribution in [0.15, 0.2) is 12.1 Å². The summed E-state index contributed by atoms with van der Waals surface area (Å²) < 4.78 is 0. The Morgan fingerprint density at radius 3 is 2.86 bits per heavy atom. The predicted molar refractivity (Wildman–Crippen MR) is 58.3 cm³/mol. The van der Waals surface area contributed by atoms with E-state index < -0.39 is 0 Å². The molecule has 2 rings (SSSR count). The van der Waals surface area contributed by atoms with E-state index in [4.69, 9.17) is 5.73 Å². The number of rotatable bonds is 2. The molecule has 14 heavy (non-hydrogen) atoms. The smallest absolute Gasteiger partial charge is 0.108 e. The zero-order valence-corrected chi connectivity index (χ0v) is 8.59. The first-order valence-electron chi connectivity index (χ1n) is 4.87. The number of fused-ring (bicyclic) bond motifs is 1. The number of aromatic nitrogens is 2. The van der Waals surface area contributed by atoms with Gasteiger partial charge in [0.05, 0.1) is 11.0 Å². The number of imidazole rings is 1. The molecule has 3 nitrogen and oxygen atoms in total. The van der Waals surface area contributed by atoms with Crippen molar-refractivity contribution in [3.05, 3.63) is 29.1 Å². The molecule has 1 aromatic carbocycles. The van der Waals surface area contributed by atoms with E-state index in [1.54, 1.807) is 0 Å². The van der Waals surface area contributed by atoms with E-state index in [9.17, 15) is 0 Å². The first-order valence-corrected chi connectivity index (χ1v) is 4.87. The normalized spacial score (nSPS) is 11.1. The average Bonchev–Trinajstić information content (AvgIpc) is 2.56. The van der Waals surface area contributed by atoms with Gasteiger partial charge in [0.15, 0.2) is 0 Å². The lowest BCUT2D eigenvalue weighted by molar-refractivity contribution is 0.900. The molecule has 74 valence electrons. The minimum absolute atomic E-state index is 0.637. The second-order valence-electron chi connectivity index (χ2n) is 3.63. The molecule has 2 aromatic rings. The predicted octanol–water partition coefficient (Wildman–Crippen LogP) is 1.68. The van der Waals surface area contributed by atoms with Crippen LogP contribution in [0.25, 0.3) is 11.0 Å². The molecule has 0 saturated carbocycles. The quantitative estimate of drug-likeness (QED) is 0.755. The third-order valence-corrected chi connectivity index (χ3v) is 2.61. The van der Waals surface area contributed by atoms with Crippen LogP contribution in [0, 0.1) is 13.8 Å². The van der Waals surface area contributed by atoms with Gasteiger partial charge in [0, 0.05) is 6.42 Å². The van der Waals surface area contributed by atoms with Crippen LogP contribution in [0.5, 0.6) is 0 Å². The van der Waals surface area contributed by atoms with Crippen LogP contribution in [0.1, 0.15) is 17.0 Å². The van der Waals surface area contributed by atoms with Gasteiger partial charge < -0.3 is 10.7 Å². The van der Waals surface area contributed by atoms with E-state index >= 15 is 0 Å². The van der Waals surface area contributed by atoms with Gasteiger partial charge in [0.2, 0.25) is 0 Å². The minimum atomic E-state index is 0.637. The zero-order valence-electron chi connectivity index (χ0n) is 8.59. The second kappa shape index (κ2) is 3.42. The van der Waals surface area contributed by atoms with E-state index in [0.717, 1.165) is 23.3 Å². The van der Waals surface area contributed by atoms with Gasteiger partial charge in [0.25, 0.3) is 0 Å². The van der Waals surface area contributed by atoms with Gasteiger partial charge in [-0.05, 0) is 37.6 Å². The molecule has 0 aliphatic carbocycles. The van der Waals surface area contributed by atoms with E-state index in [1.165, 1.54) is 11.1 Å². The second-order valence-corrected chi connectivity index (χ2v) is 3.63. The summed E-state index contributed by atoms with van der Waals surface area (Å²) in [5.74, 6) is 0.983. The van der Waals surface area contributed by atoms with Crippen LogP contribution in [0.2, 0.25) is 0 Å². The molecule has 0 atom stereocenters. The average molecular weight is 189 g/mol. The topological polar surface area (TPSA) is 54.7 Å². The number of hydrogen-bond acceptors (Lipinski definition) is 2. The molecule has 0 fully saturated rings. The van der Waals surface area contributed by atoms with Gasteiger partial charge >= 0.3 is 0 Å². The number of H-pyrrole nitrogens is 1. The number of nitrogens with zero attached hydrogens (tertiary/aromatic N) is 1. The van der Waals surface area contributed by atoms with Crippen LogP contribution >= 0.6 is 0 Å². The third-order valence-electron chi connectivity index (χ3n) is 2.61. The fourth-order valence-electron chi connectivity index (χ4n) is 1.62. The van der Waals surface area contributed by atoms with Gasteiger partial charge in [0.1, 0.15) is 5.82 Å². The minimum Gasteiger partial charge on any atom is -0.342 e. The lowest BCUT2D eigenvalue weighted by Gasteiger charge is -1.98. The maximum absolute atomic E-state index is 5.49. The van der Waals surface area contributed by atoms with Crippen molar-refractivity contribution in [1.82, 2.24) is 9.97 Å². The standard InChI is InChI=1S/C11H15N3/c1-7-3-4-9-11(8(7)2)14-10(13-9)5-6-12/h3-4H,5-6,12H2,1-2H3,(H,13,14). The highest BCUT2D eigenvalue weighted by molar-refractivity contribution is 5.79. The Kier molecular flexibility index (Phi) is 2.25. The Hall–Kier alpha value is -1.35. The highest BCUT2D eigenvalue weighted by Crippen LogP contribution is 2.19. The van der Waals surface area contributed by atoms with E-state index in [1.807, 2.05) is 0 Å². The molecule has 0 unspecified atom stereocenters. The SMILES string of the molecule is Cc1ccc2[nH]c(CCN)nc2c1C. The van der Waals surface area contributed by atoms with Crippen molar-refractivity contribution in [3.63, 3.8) is 0 Å². The van der Waals surface area contributed by atoms with E-state index in [0.29, 0.717) is 6.54 Å². The largest absolute Gasteiger partial charge is 0.342 e. The first kappa shape index (κ1) is 9.21. The molecule has 1 heterocycles. The van der Waals surface area contributed by atoms with Crippen molar-refractivity contribution in [2.45, 2.75) is 20.3 Å². The van der Waals surface area contributed by atoms with Crippen molar-refractivity contribution in [1.29, 1.82) is 0 Å². The van der Waals surface area contributed by atoms with Crippen LogP contribution in [-0.2, 0) is 6.42 Å². The summed E-state index contributed by atoms with van der Waals surface area (Å²) in [6.45, 7) is 4.84. The highest BCUT2D eigenvalue weighted by Gasteiger charge is 2.05. The molecule has 0 amide bonds. The van der Waals surface area contributed by atoms with Gasteiger partial charge in [-0.1, -0.05) is 6.07 Å². The number of aromatic amines is 1. The third kappa shape index (κ3) is 1.40. The molecule has 0 bridgehead atoms.